The molecule has 0 saturated heterocycles. The van der Waals surface area contributed by atoms with Crippen molar-refractivity contribution in [1.82, 2.24) is 5.32 Å². The quantitative estimate of drug-likeness (QED) is 0.415. The first-order valence-electron chi connectivity index (χ1n) is 8.57. The molecule has 1 aliphatic carbocycles. The third-order valence-corrected chi connectivity index (χ3v) is 4.70. The molecule has 146 valence electrons. The highest BCUT2D eigenvalue weighted by molar-refractivity contribution is 5.88. The molecule has 3 atom stereocenters. The van der Waals surface area contributed by atoms with Gasteiger partial charge < -0.3 is 10.1 Å². The van der Waals surface area contributed by atoms with Crippen LogP contribution >= 0.6 is 0 Å². The molecule has 0 heterocycles. The van der Waals surface area contributed by atoms with Gasteiger partial charge in [-0.2, -0.15) is 0 Å². The molecule has 1 fully saturated rings. The van der Waals surface area contributed by atoms with Crippen LogP contribution in [0.15, 0.2) is 24.3 Å². The van der Waals surface area contributed by atoms with Crippen molar-refractivity contribution in [3.63, 3.8) is 0 Å². The summed E-state index contributed by atoms with van der Waals surface area (Å²) in [5.41, 5.74) is 0.684. The molecule has 27 heavy (non-hydrogen) atoms. The van der Waals surface area contributed by atoms with Crippen molar-refractivity contribution in [1.29, 1.82) is 0 Å². The van der Waals surface area contributed by atoms with Gasteiger partial charge in [-0.05, 0) is 23.6 Å². The van der Waals surface area contributed by atoms with Crippen LogP contribution in [0.4, 0.5) is 4.39 Å². The summed E-state index contributed by atoms with van der Waals surface area (Å²) in [6.07, 6.45) is -0.0679. The van der Waals surface area contributed by atoms with E-state index in [1.165, 1.54) is 24.3 Å². The number of nitrogens with zero attached hydrogens (tertiary/aromatic N) is 1. The Labute approximate surface area is 155 Å². The topological polar surface area (TPSA) is 116 Å². The summed E-state index contributed by atoms with van der Waals surface area (Å²) in [5.74, 6) is -3.28. The largest absolute Gasteiger partial charge is 0.456 e. The van der Waals surface area contributed by atoms with Crippen molar-refractivity contribution >= 4 is 17.7 Å². The fraction of sp³-hybridized carbons (Fsp3) is 0.500. The van der Waals surface area contributed by atoms with Crippen LogP contribution in [0.1, 0.15) is 25.3 Å². The number of rotatable bonds is 8. The maximum atomic E-state index is 12.8. The second kappa shape index (κ2) is 9.20. The smallest absolute Gasteiger partial charge is 0.307 e. The summed E-state index contributed by atoms with van der Waals surface area (Å²) >= 11 is 0. The van der Waals surface area contributed by atoms with Gasteiger partial charge >= 0.3 is 5.97 Å². The minimum absolute atomic E-state index is 0.153. The molecule has 1 amide bonds. The predicted molar refractivity (Wildman–Crippen MR) is 91.5 cm³/mol. The third-order valence-electron chi connectivity index (χ3n) is 4.70. The Balaban J connectivity index is 1.77. The van der Waals surface area contributed by atoms with Crippen molar-refractivity contribution in [2.45, 2.75) is 26.3 Å². The highest BCUT2D eigenvalue weighted by Crippen LogP contribution is 2.36. The average Bonchev–Trinajstić information content (AvgIpc) is 2.86. The molecule has 0 spiro atoms. The number of nitrogens with one attached hydrogen (secondary N) is 1. The summed E-state index contributed by atoms with van der Waals surface area (Å²) in [4.78, 5) is 45.9. The number of carbonyl (C=O) groups excluding carboxylic acids is 3. The lowest BCUT2D eigenvalue weighted by molar-refractivity contribution is -0.490. The third kappa shape index (κ3) is 6.12. The van der Waals surface area contributed by atoms with Crippen LogP contribution in [0.5, 0.6) is 0 Å². The minimum atomic E-state index is -0.750. The molecular formula is C18H21FN2O6. The molecule has 2 rings (SSSR count). The lowest BCUT2D eigenvalue weighted by Gasteiger charge is -2.17. The monoisotopic (exact) mass is 380 g/mol. The van der Waals surface area contributed by atoms with Crippen LogP contribution in [-0.2, 0) is 25.7 Å². The highest BCUT2D eigenvalue weighted by Gasteiger charge is 2.44. The van der Waals surface area contributed by atoms with E-state index in [1.54, 1.807) is 6.92 Å². The van der Waals surface area contributed by atoms with Crippen molar-refractivity contribution in [2.75, 3.05) is 13.2 Å². The minimum Gasteiger partial charge on any atom is -0.456 e. The number of nitro groups is 1. The van der Waals surface area contributed by atoms with E-state index in [-0.39, 0.29) is 43.4 Å². The van der Waals surface area contributed by atoms with Gasteiger partial charge in [-0.1, -0.05) is 19.1 Å². The van der Waals surface area contributed by atoms with Crippen molar-refractivity contribution in [2.24, 2.45) is 17.8 Å². The number of Topliss-reactive ketones (excluding diaryl/α,β-unsaturated/α-hetero) is 1. The fourth-order valence-electron chi connectivity index (χ4n) is 3.24. The number of amides is 1. The molecule has 1 aromatic carbocycles. The predicted octanol–water partition coefficient (Wildman–Crippen LogP) is 1.49. The maximum Gasteiger partial charge on any atom is 0.307 e. The standard InChI is InChI=1S/C18H21FN2O6/c1-11-6-16(22)14(15(11)9-21(25)26)7-18(24)27-10-17(23)20-8-12-2-4-13(19)5-3-12/h2-5,11,14-15H,6-10H2,1H3,(H,20,23)/t11-,14-,15+/m0/s1. The number of ketones is 1. The van der Waals surface area contributed by atoms with E-state index in [1.807, 2.05) is 0 Å². The molecule has 0 bridgehead atoms. The van der Waals surface area contributed by atoms with Crippen LogP contribution in [0.2, 0.25) is 0 Å². The van der Waals surface area contributed by atoms with Crippen molar-refractivity contribution in [3.05, 3.63) is 45.8 Å². The van der Waals surface area contributed by atoms with Gasteiger partial charge in [-0.25, -0.2) is 4.39 Å². The van der Waals surface area contributed by atoms with Gasteiger partial charge in [0.2, 0.25) is 6.54 Å². The SMILES string of the molecule is C[C@H]1CC(=O)[C@@H](CC(=O)OCC(=O)NCc2ccc(F)cc2)[C@@H]1C[N+](=O)[O-]. The molecule has 0 unspecified atom stereocenters. The Morgan fingerprint density at radius 3 is 2.63 bits per heavy atom. The number of halogens is 1. The van der Waals surface area contributed by atoms with E-state index >= 15 is 0 Å². The van der Waals surface area contributed by atoms with E-state index in [0.717, 1.165) is 0 Å². The van der Waals surface area contributed by atoms with Crippen LogP contribution in [0.25, 0.3) is 0 Å². The summed E-state index contributed by atoms with van der Waals surface area (Å²) in [6.45, 7) is 1.01. The highest BCUT2D eigenvalue weighted by atomic mass is 19.1. The van der Waals surface area contributed by atoms with E-state index in [9.17, 15) is 28.9 Å². The number of ether oxygens (including phenoxy) is 1. The van der Waals surface area contributed by atoms with E-state index in [2.05, 4.69) is 5.32 Å². The van der Waals surface area contributed by atoms with Crippen LogP contribution < -0.4 is 5.32 Å². The van der Waals surface area contributed by atoms with Gasteiger partial charge in [0.15, 0.2) is 6.61 Å². The first kappa shape index (κ1) is 20.5. The number of esters is 1. The van der Waals surface area contributed by atoms with E-state index in [0.29, 0.717) is 5.56 Å². The summed E-state index contributed by atoms with van der Waals surface area (Å²) in [6, 6.07) is 5.57. The Kier molecular flexibility index (Phi) is 6.98. The van der Waals surface area contributed by atoms with Crippen LogP contribution in [-0.4, -0.2) is 35.7 Å². The van der Waals surface area contributed by atoms with Gasteiger partial charge in [-0.15, -0.1) is 0 Å². The molecule has 1 aromatic rings. The van der Waals surface area contributed by atoms with Gasteiger partial charge in [-0.3, -0.25) is 24.5 Å². The van der Waals surface area contributed by atoms with Crippen molar-refractivity contribution < 1.29 is 28.4 Å². The molecular weight excluding hydrogens is 359 g/mol. The Morgan fingerprint density at radius 1 is 1.33 bits per heavy atom. The molecule has 9 heteroatoms. The maximum absolute atomic E-state index is 12.8. The zero-order valence-corrected chi connectivity index (χ0v) is 14.9. The molecule has 0 aromatic heterocycles. The second-order valence-corrected chi connectivity index (χ2v) is 6.70. The zero-order chi connectivity index (χ0) is 20.0. The average molecular weight is 380 g/mol. The Morgan fingerprint density at radius 2 is 2.00 bits per heavy atom. The molecule has 0 radical (unpaired) electrons. The number of hydrogen-bond donors (Lipinski definition) is 1. The summed E-state index contributed by atoms with van der Waals surface area (Å²) < 4.78 is 17.7. The van der Waals surface area contributed by atoms with Gasteiger partial charge in [0.05, 0.1) is 6.42 Å². The molecule has 1 N–H and O–H groups in total. The Hall–Kier alpha value is -2.84. The van der Waals surface area contributed by atoms with E-state index in [4.69, 9.17) is 4.74 Å². The van der Waals surface area contributed by atoms with Gasteiger partial charge in [0, 0.05) is 29.7 Å². The number of hydrogen-bond acceptors (Lipinski definition) is 6. The summed E-state index contributed by atoms with van der Waals surface area (Å²) in [7, 11) is 0. The lowest BCUT2D eigenvalue weighted by atomic mass is 9.88. The number of benzene rings is 1. The molecule has 0 aliphatic heterocycles. The van der Waals surface area contributed by atoms with Crippen LogP contribution in [0, 0.1) is 33.7 Å². The van der Waals surface area contributed by atoms with E-state index < -0.39 is 35.2 Å². The normalized spacial score (nSPS) is 21.7. The molecule has 1 aliphatic rings. The zero-order valence-electron chi connectivity index (χ0n) is 14.9. The first-order valence-corrected chi connectivity index (χ1v) is 8.57. The molecule has 1 saturated carbocycles. The Bertz CT molecular complexity index is 721. The molecule has 8 nitrogen and oxygen atoms in total. The first-order chi connectivity index (χ1) is 12.8. The van der Waals surface area contributed by atoms with Gasteiger partial charge in [0.25, 0.3) is 5.91 Å². The lowest BCUT2D eigenvalue weighted by Crippen LogP contribution is -2.30. The van der Waals surface area contributed by atoms with Crippen molar-refractivity contribution in [3.8, 4) is 0 Å². The van der Waals surface area contributed by atoms with Gasteiger partial charge in [0.1, 0.15) is 11.6 Å². The van der Waals surface area contributed by atoms with Crippen LogP contribution in [0.3, 0.4) is 0 Å². The summed E-state index contributed by atoms with van der Waals surface area (Å²) in [5, 5.41) is 13.3. The second-order valence-electron chi connectivity index (χ2n) is 6.70. The number of carbonyl (C=O) groups is 3. The fourth-order valence-corrected chi connectivity index (χ4v) is 3.24.